The second-order valence-corrected chi connectivity index (χ2v) is 8.34. The van der Waals surface area contributed by atoms with Gasteiger partial charge in [0.1, 0.15) is 5.60 Å². The Balaban J connectivity index is 2.24. The number of phenolic OH excluding ortho intramolecular Hbond substituents is 1. The number of phenols is 1. The number of benzene rings is 2. The van der Waals surface area contributed by atoms with Gasteiger partial charge in [-0.3, -0.25) is 14.2 Å². The number of aromatic nitrogens is 1. The molecule has 1 unspecified atom stereocenters. The molecule has 1 N–H and O–H groups in total. The van der Waals surface area contributed by atoms with E-state index in [1.165, 1.54) is 0 Å². The minimum atomic E-state index is -1.20. The average Bonchev–Trinajstić information content (AvgIpc) is 2.92. The summed E-state index contributed by atoms with van der Waals surface area (Å²) < 4.78 is 47.7. The summed E-state index contributed by atoms with van der Waals surface area (Å²) in [5.41, 5.74) is -0.201. The monoisotopic (exact) mass is 433 g/mol. The fourth-order valence-electron chi connectivity index (χ4n) is 3.52. The highest BCUT2D eigenvalue weighted by Gasteiger charge is 2.30. The Kier molecular flexibility index (Phi) is 5.60. The predicted octanol–water partition coefficient (Wildman–Crippen LogP) is 5.21. The third-order valence-corrected chi connectivity index (χ3v) is 4.88. The van der Waals surface area contributed by atoms with Crippen LogP contribution in [0.4, 0.5) is 13.2 Å². The van der Waals surface area contributed by atoms with Crippen molar-refractivity contribution in [1.29, 1.82) is 0 Å². The molecule has 2 aromatic carbocycles. The summed E-state index contributed by atoms with van der Waals surface area (Å²) in [6, 6.07) is 4.76. The van der Waals surface area contributed by atoms with E-state index in [1.807, 2.05) is 0 Å². The van der Waals surface area contributed by atoms with Crippen molar-refractivity contribution < 1.29 is 32.6 Å². The number of fused-ring (bicyclic) bond motifs is 1. The van der Waals surface area contributed by atoms with Gasteiger partial charge in [-0.25, -0.2) is 13.2 Å². The first kappa shape index (κ1) is 22.4. The van der Waals surface area contributed by atoms with Crippen LogP contribution in [-0.4, -0.2) is 27.2 Å². The first-order chi connectivity index (χ1) is 14.3. The SMILES string of the molecule is Cc1c(C(C)C(=O)OC(C)(C)C)c2cc(O)c(F)cc2n1C(=O)c1ccc(F)c(F)c1. The lowest BCUT2D eigenvalue weighted by Crippen LogP contribution is -2.27. The van der Waals surface area contributed by atoms with E-state index in [-0.39, 0.29) is 22.2 Å². The molecule has 0 radical (unpaired) electrons. The average molecular weight is 433 g/mol. The van der Waals surface area contributed by atoms with Crippen molar-refractivity contribution in [2.24, 2.45) is 0 Å². The number of ether oxygens (including phenoxy) is 1. The summed E-state index contributed by atoms with van der Waals surface area (Å²) >= 11 is 0. The maximum atomic E-state index is 14.2. The highest BCUT2D eigenvalue weighted by atomic mass is 19.2. The molecule has 0 fully saturated rings. The van der Waals surface area contributed by atoms with Gasteiger partial charge >= 0.3 is 5.97 Å². The highest BCUT2D eigenvalue weighted by molar-refractivity contribution is 6.05. The second-order valence-electron chi connectivity index (χ2n) is 8.34. The van der Waals surface area contributed by atoms with Crippen LogP contribution in [0.1, 0.15) is 55.2 Å². The van der Waals surface area contributed by atoms with E-state index in [9.17, 15) is 27.9 Å². The molecule has 1 atom stereocenters. The van der Waals surface area contributed by atoms with Crippen molar-refractivity contribution in [3.63, 3.8) is 0 Å². The molecule has 5 nitrogen and oxygen atoms in total. The zero-order chi connectivity index (χ0) is 23.2. The fourth-order valence-corrected chi connectivity index (χ4v) is 3.52. The van der Waals surface area contributed by atoms with Gasteiger partial charge in [-0.1, -0.05) is 0 Å². The Morgan fingerprint density at radius 3 is 2.26 bits per heavy atom. The van der Waals surface area contributed by atoms with Gasteiger partial charge < -0.3 is 9.84 Å². The van der Waals surface area contributed by atoms with Crippen LogP contribution in [0.2, 0.25) is 0 Å². The molecule has 0 saturated carbocycles. The number of rotatable bonds is 3. The lowest BCUT2D eigenvalue weighted by molar-refractivity contribution is -0.156. The van der Waals surface area contributed by atoms with Gasteiger partial charge in [-0.15, -0.1) is 0 Å². The minimum absolute atomic E-state index is 0.0768. The molecule has 8 heteroatoms. The van der Waals surface area contributed by atoms with Crippen LogP contribution in [0.25, 0.3) is 10.9 Å². The van der Waals surface area contributed by atoms with E-state index in [1.54, 1.807) is 34.6 Å². The van der Waals surface area contributed by atoms with Crippen molar-refractivity contribution in [3.05, 3.63) is 64.6 Å². The summed E-state index contributed by atoms with van der Waals surface area (Å²) in [6.45, 7) is 8.25. The largest absolute Gasteiger partial charge is 0.505 e. The zero-order valence-corrected chi connectivity index (χ0v) is 17.7. The highest BCUT2D eigenvalue weighted by Crippen LogP contribution is 2.36. The zero-order valence-electron chi connectivity index (χ0n) is 17.7. The number of carbonyl (C=O) groups excluding carboxylic acids is 2. The van der Waals surface area contributed by atoms with E-state index >= 15 is 0 Å². The summed E-state index contributed by atoms with van der Waals surface area (Å²) in [7, 11) is 0. The third-order valence-electron chi connectivity index (χ3n) is 4.88. The van der Waals surface area contributed by atoms with E-state index in [2.05, 4.69) is 0 Å². The third kappa shape index (κ3) is 4.15. The fraction of sp³-hybridized carbons (Fsp3) is 0.304. The molecule has 0 bridgehead atoms. The van der Waals surface area contributed by atoms with Gasteiger partial charge in [0, 0.05) is 22.7 Å². The number of halogens is 3. The molecule has 3 rings (SSSR count). The van der Waals surface area contributed by atoms with Crippen molar-refractivity contribution >= 4 is 22.8 Å². The number of aromatic hydroxyl groups is 1. The summed E-state index contributed by atoms with van der Waals surface area (Å²) in [5.74, 6) is -6.10. The topological polar surface area (TPSA) is 68.5 Å². The summed E-state index contributed by atoms with van der Waals surface area (Å²) in [5, 5.41) is 10.2. The molecule has 164 valence electrons. The van der Waals surface area contributed by atoms with Crippen LogP contribution in [0.5, 0.6) is 5.75 Å². The molecule has 0 aliphatic carbocycles. The maximum absolute atomic E-state index is 14.2. The lowest BCUT2D eigenvalue weighted by Gasteiger charge is -2.22. The molecule has 3 aromatic rings. The Labute approximate surface area is 177 Å². The van der Waals surface area contributed by atoms with Crippen LogP contribution >= 0.6 is 0 Å². The number of nitrogens with zero attached hydrogens (tertiary/aromatic N) is 1. The predicted molar refractivity (Wildman–Crippen MR) is 109 cm³/mol. The summed E-state index contributed by atoms with van der Waals surface area (Å²) in [6.07, 6.45) is 0. The van der Waals surface area contributed by atoms with Gasteiger partial charge in [0.05, 0.1) is 11.4 Å². The first-order valence-electron chi connectivity index (χ1n) is 9.58. The van der Waals surface area contributed by atoms with Gasteiger partial charge in [-0.05, 0) is 64.4 Å². The van der Waals surface area contributed by atoms with E-state index in [0.717, 1.165) is 34.9 Å². The first-order valence-corrected chi connectivity index (χ1v) is 9.58. The van der Waals surface area contributed by atoms with Gasteiger partial charge in [0.15, 0.2) is 23.2 Å². The molecule has 0 spiro atoms. The number of hydrogen-bond acceptors (Lipinski definition) is 4. The van der Waals surface area contributed by atoms with Crippen LogP contribution in [-0.2, 0) is 9.53 Å². The van der Waals surface area contributed by atoms with Gasteiger partial charge in [0.25, 0.3) is 5.91 Å². The van der Waals surface area contributed by atoms with E-state index in [0.29, 0.717) is 5.56 Å². The second kappa shape index (κ2) is 7.76. The van der Waals surface area contributed by atoms with Crippen LogP contribution < -0.4 is 0 Å². The number of carbonyl (C=O) groups is 2. The molecule has 0 aliphatic rings. The van der Waals surface area contributed by atoms with E-state index < -0.39 is 46.6 Å². The van der Waals surface area contributed by atoms with Crippen LogP contribution in [0.3, 0.4) is 0 Å². The van der Waals surface area contributed by atoms with Crippen LogP contribution in [0, 0.1) is 24.4 Å². The Bertz CT molecular complexity index is 1210. The quantitative estimate of drug-likeness (QED) is 0.576. The molecular weight excluding hydrogens is 411 g/mol. The molecule has 1 heterocycles. The lowest BCUT2D eigenvalue weighted by atomic mass is 9.97. The number of hydrogen-bond donors (Lipinski definition) is 1. The van der Waals surface area contributed by atoms with Crippen molar-refractivity contribution in [1.82, 2.24) is 4.57 Å². The molecule has 0 saturated heterocycles. The van der Waals surface area contributed by atoms with Gasteiger partial charge in [0.2, 0.25) is 0 Å². The molecule has 1 aromatic heterocycles. The summed E-state index contributed by atoms with van der Waals surface area (Å²) in [4.78, 5) is 25.8. The standard InChI is InChI=1S/C23H22F3NO4/c1-11(22(30)31-23(3,4)5)20-12(2)27(18-10-17(26)19(28)9-14(18)20)21(29)13-6-7-15(24)16(25)8-13/h6-11,28H,1-5H3. The minimum Gasteiger partial charge on any atom is -0.505 e. The normalized spacial score (nSPS) is 12.8. The van der Waals surface area contributed by atoms with Crippen molar-refractivity contribution in [2.45, 2.75) is 46.1 Å². The smallest absolute Gasteiger partial charge is 0.313 e. The maximum Gasteiger partial charge on any atom is 0.313 e. The Morgan fingerprint density at radius 2 is 1.68 bits per heavy atom. The molecule has 0 aliphatic heterocycles. The molecular formula is C23H22F3NO4. The number of esters is 1. The van der Waals surface area contributed by atoms with Gasteiger partial charge in [-0.2, -0.15) is 0 Å². The molecule has 31 heavy (non-hydrogen) atoms. The van der Waals surface area contributed by atoms with E-state index in [4.69, 9.17) is 4.74 Å². The van der Waals surface area contributed by atoms with Crippen molar-refractivity contribution in [3.8, 4) is 5.75 Å². The van der Waals surface area contributed by atoms with Crippen molar-refractivity contribution in [2.75, 3.05) is 0 Å². The Hall–Kier alpha value is -3.29. The Morgan fingerprint density at radius 1 is 1.03 bits per heavy atom. The van der Waals surface area contributed by atoms with Crippen LogP contribution in [0.15, 0.2) is 30.3 Å². The molecule has 0 amide bonds.